The van der Waals surface area contributed by atoms with Crippen LogP contribution in [0.2, 0.25) is 0 Å². The van der Waals surface area contributed by atoms with Crippen LogP contribution in [-0.4, -0.2) is 24.1 Å². The summed E-state index contributed by atoms with van der Waals surface area (Å²) in [6, 6.07) is 8.07. The lowest BCUT2D eigenvalue weighted by atomic mass is 10.0. The Balaban J connectivity index is 1.51. The minimum absolute atomic E-state index is 0.145. The number of halogens is 1. The molecule has 0 spiro atoms. The van der Waals surface area contributed by atoms with E-state index >= 15 is 0 Å². The summed E-state index contributed by atoms with van der Waals surface area (Å²) in [4.78, 5) is 25.6. The Bertz CT molecular complexity index is 734. The number of benzene rings is 1. The topological polar surface area (TPSA) is 58.2 Å². The van der Waals surface area contributed by atoms with Crippen molar-refractivity contribution in [1.29, 1.82) is 0 Å². The molecule has 3 rings (SSSR count). The molecule has 7 heteroatoms. The van der Waals surface area contributed by atoms with Crippen LogP contribution in [0.4, 0.5) is 4.39 Å². The average Bonchev–Trinajstić information content (AvgIpc) is 3.10. The highest BCUT2D eigenvalue weighted by molar-refractivity contribution is 7.99. The number of hydrogen-bond donors (Lipinski definition) is 2. The highest BCUT2D eigenvalue weighted by atomic mass is 32.2. The van der Waals surface area contributed by atoms with Crippen LogP contribution >= 0.6 is 23.1 Å². The fraction of sp³-hybridized carbons (Fsp3) is 0.294. The van der Waals surface area contributed by atoms with Crippen LogP contribution < -0.4 is 10.6 Å². The van der Waals surface area contributed by atoms with Crippen LogP contribution in [0.1, 0.15) is 34.1 Å². The van der Waals surface area contributed by atoms with E-state index < -0.39 is 0 Å². The molecule has 24 heavy (non-hydrogen) atoms. The molecule has 0 aliphatic carbocycles. The molecule has 1 aliphatic heterocycles. The molecule has 1 atom stereocenters. The highest BCUT2D eigenvalue weighted by Gasteiger charge is 2.22. The van der Waals surface area contributed by atoms with E-state index in [1.54, 1.807) is 23.9 Å². The van der Waals surface area contributed by atoms with E-state index in [2.05, 4.69) is 10.6 Å². The van der Waals surface area contributed by atoms with E-state index in [-0.39, 0.29) is 36.6 Å². The second-order valence-corrected chi connectivity index (χ2v) is 7.51. The van der Waals surface area contributed by atoms with E-state index in [1.165, 1.54) is 23.5 Å². The van der Waals surface area contributed by atoms with Crippen LogP contribution in [0.15, 0.2) is 40.6 Å². The van der Waals surface area contributed by atoms with E-state index in [9.17, 15) is 14.0 Å². The molecule has 0 bridgehead atoms. The Hall–Kier alpha value is -1.86. The van der Waals surface area contributed by atoms with Crippen molar-refractivity contribution in [3.63, 3.8) is 0 Å². The summed E-state index contributed by atoms with van der Waals surface area (Å²) >= 11 is 3.04. The summed E-state index contributed by atoms with van der Waals surface area (Å²) in [7, 11) is 0. The number of thiophene rings is 1. The SMILES string of the molecule is O=C(CCNC(=O)c1cccs1)NC1CCSc2ccc(F)cc21. The lowest BCUT2D eigenvalue weighted by molar-refractivity contribution is -0.121. The number of carbonyl (C=O) groups is 2. The van der Waals surface area contributed by atoms with Crippen LogP contribution in [-0.2, 0) is 4.79 Å². The smallest absolute Gasteiger partial charge is 0.261 e. The van der Waals surface area contributed by atoms with Gasteiger partial charge in [-0.05, 0) is 41.6 Å². The fourth-order valence-electron chi connectivity index (χ4n) is 2.57. The monoisotopic (exact) mass is 364 g/mol. The van der Waals surface area contributed by atoms with Gasteiger partial charge < -0.3 is 10.6 Å². The van der Waals surface area contributed by atoms with Gasteiger partial charge in [-0.2, -0.15) is 0 Å². The molecule has 0 radical (unpaired) electrons. The first-order chi connectivity index (χ1) is 11.6. The largest absolute Gasteiger partial charge is 0.351 e. The van der Waals surface area contributed by atoms with Gasteiger partial charge in [-0.15, -0.1) is 23.1 Å². The lowest BCUT2D eigenvalue weighted by Gasteiger charge is -2.26. The molecule has 2 amide bonds. The molecule has 1 aliphatic rings. The third kappa shape index (κ3) is 4.15. The average molecular weight is 364 g/mol. The van der Waals surface area contributed by atoms with Gasteiger partial charge in [-0.25, -0.2) is 4.39 Å². The minimum atomic E-state index is -0.293. The third-order valence-electron chi connectivity index (χ3n) is 3.73. The van der Waals surface area contributed by atoms with E-state index in [0.29, 0.717) is 4.88 Å². The molecule has 126 valence electrons. The van der Waals surface area contributed by atoms with Gasteiger partial charge in [-0.3, -0.25) is 9.59 Å². The molecule has 0 saturated heterocycles. The van der Waals surface area contributed by atoms with Crippen molar-refractivity contribution in [2.75, 3.05) is 12.3 Å². The first-order valence-electron chi connectivity index (χ1n) is 7.67. The molecular weight excluding hydrogens is 347 g/mol. The Morgan fingerprint density at radius 3 is 2.96 bits per heavy atom. The van der Waals surface area contributed by atoms with Gasteiger partial charge in [0.2, 0.25) is 5.91 Å². The maximum absolute atomic E-state index is 13.5. The minimum Gasteiger partial charge on any atom is -0.351 e. The summed E-state index contributed by atoms with van der Waals surface area (Å²) in [6.45, 7) is 0.278. The van der Waals surface area contributed by atoms with Crippen molar-refractivity contribution in [1.82, 2.24) is 10.6 Å². The lowest BCUT2D eigenvalue weighted by Crippen LogP contribution is -2.34. The van der Waals surface area contributed by atoms with Crippen molar-refractivity contribution in [2.24, 2.45) is 0 Å². The molecule has 4 nitrogen and oxygen atoms in total. The number of rotatable bonds is 5. The van der Waals surface area contributed by atoms with Crippen LogP contribution in [0.25, 0.3) is 0 Å². The maximum Gasteiger partial charge on any atom is 0.261 e. The highest BCUT2D eigenvalue weighted by Crippen LogP contribution is 2.36. The number of nitrogens with one attached hydrogen (secondary N) is 2. The summed E-state index contributed by atoms with van der Waals surface area (Å²) in [5.74, 6) is 0.283. The molecule has 1 aromatic heterocycles. The molecule has 1 unspecified atom stereocenters. The van der Waals surface area contributed by atoms with Gasteiger partial charge in [0.1, 0.15) is 5.82 Å². The molecule has 2 aromatic rings. The van der Waals surface area contributed by atoms with Crippen molar-refractivity contribution < 1.29 is 14.0 Å². The molecule has 2 N–H and O–H groups in total. The second-order valence-electron chi connectivity index (χ2n) is 5.42. The Labute approximate surface area is 147 Å². The zero-order valence-corrected chi connectivity index (χ0v) is 14.5. The Morgan fingerprint density at radius 1 is 1.29 bits per heavy atom. The predicted octanol–water partition coefficient (Wildman–Crippen LogP) is 3.36. The first-order valence-corrected chi connectivity index (χ1v) is 9.53. The van der Waals surface area contributed by atoms with Crippen molar-refractivity contribution in [3.8, 4) is 0 Å². The van der Waals surface area contributed by atoms with Gasteiger partial charge in [0.25, 0.3) is 5.91 Å². The summed E-state index contributed by atoms with van der Waals surface area (Å²) in [6.07, 6.45) is 0.972. The van der Waals surface area contributed by atoms with Crippen LogP contribution in [0.5, 0.6) is 0 Å². The van der Waals surface area contributed by atoms with Crippen molar-refractivity contribution >= 4 is 34.9 Å². The number of fused-ring (bicyclic) bond motifs is 1. The summed E-state index contributed by atoms with van der Waals surface area (Å²) in [5.41, 5.74) is 0.835. The fourth-order valence-corrected chi connectivity index (χ4v) is 4.31. The number of hydrogen-bond acceptors (Lipinski definition) is 4. The van der Waals surface area contributed by atoms with Crippen LogP contribution in [0.3, 0.4) is 0 Å². The van der Waals surface area contributed by atoms with E-state index in [0.717, 1.165) is 22.6 Å². The number of amides is 2. The second kappa shape index (κ2) is 7.81. The van der Waals surface area contributed by atoms with Gasteiger partial charge in [0.15, 0.2) is 0 Å². The van der Waals surface area contributed by atoms with Gasteiger partial charge in [0.05, 0.1) is 10.9 Å². The summed E-state index contributed by atoms with van der Waals surface area (Å²) < 4.78 is 13.5. The van der Waals surface area contributed by atoms with Crippen molar-refractivity contribution in [2.45, 2.75) is 23.8 Å². The van der Waals surface area contributed by atoms with Gasteiger partial charge in [-0.1, -0.05) is 6.07 Å². The number of thioether (sulfide) groups is 1. The summed E-state index contributed by atoms with van der Waals surface area (Å²) in [5, 5.41) is 7.50. The third-order valence-corrected chi connectivity index (χ3v) is 5.72. The van der Waals surface area contributed by atoms with Crippen LogP contribution in [0, 0.1) is 5.82 Å². The molecule has 0 saturated carbocycles. The predicted molar refractivity (Wildman–Crippen MR) is 93.9 cm³/mol. The van der Waals surface area contributed by atoms with E-state index in [1.807, 2.05) is 11.4 Å². The van der Waals surface area contributed by atoms with Gasteiger partial charge in [0, 0.05) is 23.6 Å². The molecule has 0 fully saturated rings. The molecular formula is C17H17FN2O2S2. The molecule has 2 heterocycles. The standard InChI is InChI=1S/C17H17FN2O2S2/c18-11-3-4-14-12(10-11)13(6-9-24-14)20-16(21)5-7-19-17(22)15-2-1-8-23-15/h1-4,8,10,13H,5-7,9H2,(H,19,22)(H,20,21). The number of carbonyl (C=O) groups excluding carboxylic acids is 2. The first kappa shape index (κ1) is 17.0. The quantitative estimate of drug-likeness (QED) is 0.855. The van der Waals surface area contributed by atoms with E-state index in [4.69, 9.17) is 0 Å². The Kier molecular flexibility index (Phi) is 5.52. The molecule has 1 aromatic carbocycles. The zero-order valence-electron chi connectivity index (χ0n) is 12.9. The van der Waals surface area contributed by atoms with Crippen molar-refractivity contribution in [3.05, 3.63) is 52.0 Å². The van der Waals surface area contributed by atoms with Gasteiger partial charge >= 0.3 is 0 Å². The zero-order chi connectivity index (χ0) is 16.9. The Morgan fingerprint density at radius 2 is 2.17 bits per heavy atom. The maximum atomic E-state index is 13.5. The normalized spacial score (nSPS) is 16.3.